The van der Waals surface area contributed by atoms with Gasteiger partial charge in [0.2, 0.25) is 0 Å². The number of aryl methyl sites for hydroxylation is 2. The van der Waals surface area contributed by atoms with Crippen LogP contribution in [0.15, 0.2) is 42.5 Å². The van der Waals surface area contributed by atoms with Gasteiger partial charge in [0.25, 0.3) is 0 Å². The second kappa shape index (κ2) is 8.50. The summed E-state index contributed by atoms with van der Waals surface area (Å²) in [5, 5.41) is 2.23. The van der Waals surface area contributed by atoms with E-state index in [0.29, 0.717) is 12.5 Å². The molecule has 0 aromatic heterocycles. The maximum atomic E-state index is 12.3. The maximum Gasteiger partial charge on any atom is 0.168 e. The van der Waals surface area contributed by atoms with Gasteiger partial charge in [0.15, 0.2) is 11.9 Å². The number of hydrogen-bond donors (Lipinski definition) is 1. The molecule has 2 aromatic carbocycles. The van der Waals surface area contributed by atoms with E-state index < -0.39 is 0 Å². The standard InChI is InChI=1S/C21H25NO2.ClH/c1-14-8-9-17(12-15(14)2)19(23)10-11-22-16(3)21-13-18-6-4-5-7-20(18)24-21;/h4-9,12,16,21-22H,10-11,13H2,1-3H3;1H. The number of quaternary nitrogens is 1. The summed E-state index contributed by atoms with van der Waals surface area (Å²) in [6.45, 7) is 7.09. The Morgan fingerprint density at radius 1 is 1.20 bits per heavy atom. The predicted molar refractivity (Wildman–Crippen MR) is 95.7 cm³/mol. The fourth-order valence-electron chi connectivity index (χ4n) is 3.19. The first-order valence-corrected chi connectivity index (χ1v) is 8.73. The van der Waals surface area contributed by atoms with Gasteiger partial charge in [0.05, 0.1) is 13.0 Å². The van der Waals surface area contributed by atoms with E-state index in [-0.39, 0.29) is 24.3 Å². The molecule has 1 aliphatic heterocycles. The normalized spacial score (nSPS) is 16.5. The van der Waals surface area contributed by atoms with Crippen LogP contribution in [0.1, 0.15) is 40.4 Å². The van der Waals surface area contributed by atoms with Crippen LogP contribution >= 0.6 is 0 Å². The quantitative estimate of drug-likeness (QED) is 0.728. The van der Waals surface area contributed by atoms with E-state index >= 15 is 0 Å². The Bertz CT molecular complexity index is 719. The molecule has 0 amide bonds. The van der Waals surface area contributed by atoms with E-state index in [9.17, 15) is 4.79 Å². The summed E-state index contributed by atoms with van der Waals surface area (Å²) in [7, 11) is 0. The Balaban J connectivity index is 0.00000225. The smallest absolute Gasteiger partial charge is 0.168 e. The number of rotatable bonds is 6. The lowest BCUT2D eigenvalue weighted by molar-refractivity contribution is -0.690. The van der Waals surface area contributed by atoms with Gasteiger partial charge in [-0.05, 0) is 49.6 Å². The van der Waals surface area contributed by atoms with E-state index in [4.69, 9.17) is 4.74 Å². The Hall–Kier alpha value is -1.84. The average molecular weight is 360 g/mol. The lowest BCUT2D eigenvalue weighted by atomic mass is 10.0. The first kappa shape index (κ1) is 19.5. The summed E-state index contributed by atoms with van der Waals surface area (Å²) in [5.74, 6) is 1.23. The van der Waals surface area contributed by atoms with Gasteiger partial charge < -0.3 is 22.5 Å². The Kier molecular flexibility index (Phi) is 6.63. The van der Waals surface area contributed by atoms with Gasteiger partial charge >= 0.3 is 0 Å². The molecule has 134 valence electrons. The molecule has 3 rings (SSSR count). The minimum atomic E-state index is 0. The number of fused-ring (bicyclic) bond motifs is 1. The van der Waals surface area contributed by atoms with Crippen LogP contribution in [0.3, 0.4) is 0 Å². The SMILES string of the molecule is Cc1ccc(C(=O)CC[NH2+]C(C)C2Cc3ccccc3O2)cc1C.[Cl-]. The van der Waals surface area contributed by atoms with Gasteiger partial charge in [0.1, 0.15) is 11.8 Å². The fourth-order valence-corrected chi connectivity index (χ4v) is 3.19. The largest absolute Gasteiger partial charge is 1.00 e. The minimum Gasteiger partial charge on any atom is -1.00 e. The molecule has 2 unspecified atom stereocenters. The van der Waals surface area contributed by atoms with Crippen LogP contribution in [-0.4, -0.2) is 24.5 Å². The first-order valence-electron chi connectivity index (χ1n) is 8.73. The zero-order valence-corrected chi connectivity index (χ0v) is 15.8. The third kappa shape index (κ3) is 4.62. The number of halogens is 1. The highest BCUT2D eigenvalue weighted by atomic mass is 35.5. The molecule has 0 aliphatic carbocycles. The third-order valence-electron chi connectivity index (χ3n) is 5.00. The molecule has 0 fully saturated rings. The van der Waals surface area contributed by atoms with E-state index in [2.05, 4.69) is 38.2 Å². The predicted octanol–water partition coefficient (Wildman–Crippen LogP) is -0.164. The van der Waals surface area contributed by atoms with Gasteiger partial charge in [-0.2, -0.15) is 0 Å². The van der Waals surface area contributed by atoms with Crippen LogP contribution in [0.2, 0.25) is 0 Å². The lowest BCUT2D eigenvalue weighted by Crippen LogP contribution is -3.00. The highest BCUT2D eigenvalue weighted by molar-refractivity contribution is 5.96. The van der Waals surface area contributed by atoms with Gasteiger partial charge in [-0.25, -0.2) is 0 Å². The number of para-hydroxylation sites is 1. The van der Waals surface area contributed by atoms with Crippen LogP contribution in [0.5, 0.6) is 5.75 Å². The zero-order chi connectivity index (χ0) is 17.1. The molecule has 2 N–H and O–H groups in total. The van der Waals surface area contributed by atoms with Crippen LogP contribution < -0.4 is 22.5 Å². The number of benzene rings is 2. The van der Waals surface area contributed by atoms with E-state index in [1.165, 1.54) is 16.7 Å². The Morgan fingerprint density at radius 2 is 1.96 bits per heavy atom. The van der Waals surface area contributed by atoms with Crippen molar-refractivity contribution in [2.24, 2.45) is 0 Å². The van der Waals surface area contributed by atoms with E-state index in [0.717, 1.165) is 24.3 Å². The second-order valence-electron chi connectivity index (χ2n) is 6.82. The lowest BCUT2D eigenvalue weighted by Gasteiger charge is -2.17. The van der Waals surface area contributed by atoms with Crippen molar-refractivity contribution >= 4 is 5.78 Å². The number of ketones is 1. The molecule has 0 spiro atoms. The molecular formula is C21H26ClNO2. The number of carbonyl (C=O) groups is 1. The Morgan fingerprint density at radius 3 is 2.68 bits per heavy atom. The minimum absolute atomic E-state index is 0. The number of carbonyl (C=O) groups excluding carboxylic acids is 1. The second-order valence-corrected chi connectivity index (χ2v) is 6.82. The molecule has 0 bridgehead atoms. The summed E-state index contributed by atoms with van der Waals surface area (Å²) < 4.78 is 6.02. The van der Waals surface area contributed by atoms with E-state index in [1.807, 2.05) is 30.3 Å². The van der Waals surface area contributed by atoms with Crippen molar-refractivity contribution in [3.63, 3.8) is 0 Å². The molecule has 1 heterocycles. The summed E-state index contributed by atoms with van der Waals surface area (Å²) in [6, 6.07) is 14.5. The third-order valence-corrected chi connectivity index (χ3v) is 5.00. The van der Waals surface area contributed by atoms with Crippen LogP contribution in [0, 0.1) is 13.8 Å². The summed E-state index contributed by atoms with van der Waals surface area (Å²) in [5.41, 5.74) is 4.51. The van der Waals surface area contributed by atoms with Crippen molar-refractivity contribution < 1.29 is 27.3 Å². The van der Waals surface area contributed by atoms with Crippen molar-refractivity contribution in [1.29, 1.82) is 0 Å². The molecule has 25 heavy (non-hydrogen) atoms. The van der Waals surface area contributed by atoms with Crippen molar-refractivity contribution in [3.8, 4) is 5.75 Å². The van der Waals surface area contributed by atoms with Crippen molar-refractivity contribution in [3.05, 3.63) is 64.7 Å². The first-order chi connectivity index (χ1) is 11.5. The Labute approximate surface area is 156 Å². The monoisotopic (exact) mass is 359 g/mol. The molecule has 4 heteroatoms. The number of Topliss-reactive ketones (excluding diaryl/α,β-unsaturated/α-hetero) is 1. The summed E-state index contributed by atoms with van der Waals surface area (Å²) >= 11 is 0. The number of nitrogens with two attached hydrogens (primary N) is 1. The molecule has 0 saturated heterocycles. The molecule has 0 saturated carbocycles. The highest BCUT2D eigenvalue weighted by Crippen LogP contribution is 2.28. The molecule has 0 radical (unpaired) electrons. The summed E-state index contributed by atoms with van der Waals surface area (Å²) in [6.07, 6.45) is 1.71. The molecule has 3 nitrogen and oxygen atoms in total. The topological polar surface area (TPSA) is 42.9 Å². The molecule has 1 aliphatic rings. The van der Waals surface area contributed by atoms with Gasteiger partial charge in [-0.1, -0.05) is 30.3 Å². The van der Waals surface area contributed by atoms with Crippen LogP contribution in [0.4, 0.5) is 0 Å². The molecular weight excluding hydrogens is 334 g/mol. The number of hydrogen-bond acceptors (Lipinski definition) is 2. The van der Waals surface area contributed by atoms with E-state index in [1.54, 1.807) is 0 Å². The van der Waals surface area contributed by atoms with Crippen LogP contribution in [-0.2, 0) is 6.42 Å². The van der Waals surface area contributed by atoms with Gasteiger partial charge in [-0.15, -0.1) is 0 Å². The average Bonchev–Trinajstić information content (AvgIpc) is 3.01. The summed E-state index contributed by atoms with van der Waals surface area (Å²) in [4.78, 5) is 12.3. The van der Waals surface area contributed by atoms with Crippen LogP contribution in [0.25, 0.3) is 0 Å². The zero-order valence-electron chi connectivity index (χ0n) is 15.1. The fraction of sp³-hybridized carbons (Fsp3) is 0.381. The van der Waals surface area contributed by atoms with Gasteiger partial charge in [0, 0.05) is 12.0 Å². The molecule has 2 atom stereocenters. The van der Waals surface area contributed by atoms with Crippen molar-refractivity contribution in [2.75, 3.05) is 6.54 Å². The van der Waals surface area contributed by atoms with Gasteiger partial charge in [-0.3, -0.25) is 4.79 Å². The maximum absolute atomic E-state index is 12.3. The molecule has 2 aromatic rings. The highest BCUT2D eigenvalue weighted by Gasteiger charge is 2.29. The van der Waals surface area contributed by atoms with Crippen molar-refractivity contribution in [2.45, 2.75) is 45.8 Å². The van der Waals surface area contributed by atoms with Crippen molar-refractivity contribution in [1.82, 2.24) is 0 Å². The number of ether oxygens (including phenoxy) is 1.